The Morgan fingerprint density at radius 2 is 1.82 bits per heavy atom. The zero-order valence-electron chi connectivity index (χ0n) is 24.3. The van der Waals surface area contributed by atoms with Crippen LogP contribution in [-0.2, 0) is 16.1 Å². The summed E-state index contributed by atoms with van der Waals surface area (Å²) in [6, 6.07) is 8.85. The number of hydrogen-bond acceptors (Lipinski definition) is 6. The number of ketones is 1. The molecule has 212 valence electrons. The summed E-state index contributed by atoms with van der Waals surface area (Å²) in [4.78, 5) is 35.7. The van der Waals surface area contributed by atoms with E-state index in [1.165, 1.54) is 25.7 Å². The summed E-state index contributed by atoms with van der Waals surface area (Å²) >= 11 is 0. The van der Waals surface area contributed by atoms with Crippen molar-refractivity contribution in [2.24, 2.45) is 5.92 Å². The highest BCUT2D eigenvalue weighted by Crippen LogP contribution is 2.34. The first-order valence-corrected chi connectivity index (χ1v) is 14.6. The van der Waals surface area contributed by atoms with Gasteiger partial charge in [-0.2, -0.15) is 0 Å². The van der Waals surface area contributed by atoms with Gasteiger partial charge in [-0.25, -0.2) is 0 Å². The Balaban J connectivity index is 1.41. The first kappa shape index (κ1) is 28.2. The molecular formula is C33H42N4O3. The van der Waals surface area contributed by atoms with Crippen molar-refractivity contribution in [3.05, 3.63) is 70.6 Å². The van der Waals surface area contributed by atoms with Crippen LogP contribution in [0.5, 0.6) is 0 Å². The van der Waals surface area contributed by atoms with Crippen LogP contribution >= 0.6 is 0 Å². The molecule has 1 aliphatic heterocycles. The Bertz CT molecular complexity index is 1300. The molecule has 0 radical (unpaired) electrons. The van der Waals surface area contributed by atoms with Gasteiger partial charge in [0, 0.05) is 62.3 Å². The van der Waals surface area contributed by atoms with Crippen LogP contribution in [0.15, 0.2) is 53.8 Å². The molecule has 1 aromatic carbocycles. The van der Waals surface area contributed by atoms with E-state index in [9.17, 15) is 9.59 Å². The van der Waals surface area contributed by atoms with Crippen LogP contribution in [-0.4, -0.2) is 67.5 Å². The highest BCUT2D eigenvalue weighted by Gasteiger charge is 2.26. The third-order valence-electron chi connectivity index (χ3n) is 8.71. The predicted molar refractivity (Wildman–Crippen MR) is 160 cm³/mol. The second-order valence-corrected chi connectivity index (χ2v) is 11.6. The van der Waals surface area contributed by atoms with Crippen molar-refractivity contribution in [2.45, 2.75) is 59.0 Å². The minimum atomic E-state index is -0.319. The van der Waals surface area contributed by atoms with Crippen molar-refractivity contribution in [1.29, 1.82) is 0 Å². The van der Waals surface area contributed by atoms with Crippen LogP contribution in [0.25, 0.3) is 11.1 Å². The van der Waals surface area contributed by atoms with Gasteiger partial charge in [-0.3, -0.25) is 19.5 Å². The van der Waals surface area contributed by atoms with E-state index >= 15 is 0 Å². The molecule has 1 aromatic heterocycles. The zero-order valence-corrected chi connectivity index (χ0v) is 24.3. The maximum Gasteiger partial charge on any atom is 0.251 e. The second-order valence-electron chi connectivity index (χ2n) is 11.6. The molecule has 2 heterocycles. The van der Waals surface area contributed by atoms with E-state index in [1.807, 2.05) is 39.1 Å². The lowest BCUT2D eigenvalue weighted by molar-refractivity contribution is -0.117. The summed E-state index contributed by atoms with van der Waals surface area (Å²) in [7, 11) is 2.15. The van der Waals surface area contributed by atoms with Crippen LogP contribution in [0, 0.1) is 12.8 Å². The van der Waals surface area contributed by atoms with Gasteiger partial charge in [0.05, 0.1) is 24.8 Å². The first-order chi connectivity index (χ1) is 19.3. The van der Waals surface area contributed by atoms with Gasteiger partial charge in [-0.1, -0.05) is 30.6 Å². The molecule has 40 heavy (non-hydrogen) atoms. The van der Waals surface area contributed by atoms with Crippen LogP contribution in [0.2, 0.25) is 0 Å². The highest BCUT2D eigenvalue weighted by molar-refractivity contribution is 6.00. The van der Waals surface area contributed by atoms with E-state index in [1.54, 1.807) is 6.08 Å². The van der Waals surface area contributed by atoms with Crippen LogP contribution in [0.4, 0.5) is 5.69 Å². The number of nitrogens with zero attached hydrogens (tertiary/aromatic N) is 3. The molecule has 2 fully saturated rings. The molecule has 2 aliphatic carbocycles. The van der Waals surface area contributed by atoms with Crippen molar-refractivity contribution < 1.29 is 14.3 Å². The molecule has 3 aliphatic rings. The smallest absolute Gasteiger partial charge is 0.251 e. The molecule has 1 saturated heterocycles. The number of carbonyl (C=O) groups is 2. The standard InChI is InChI=1S/C33H42N4O3/c1-22-15-23(2)30(32(38)16-22)20-35-33(39)29-17-26(18-31(24(29)3)36(4)28-7-5-6-8-28)25-9-10-27(34-19-25)21-37-11-13-40-14-12-37/h9-10,15-19,28,30H,5-8,11-14,20-21H2,1-4H3,(H,35,39). The molecule has 0 bridgehead atoms. The number of pyridine rings is 1. The molecule has 0 spiro atoms. The lowest BCUT2D eigenvalue weighted by Gasteiger charge is -2.30. The van der Waals surface area contributed by atoms with E-state index in [0.717, 1.165) is 72.1 Å². The number of morpholine rings is 1. The summed E-state index contributed by atoms with van der Waals surface area (Å²) < 4.78 is 5.47. The van der Waals surface area contributed by atoms with E-state index in [-0.39, 0.29) is 17.6 Å². The van der Waals surface area contributed by atoms with Crippen molar-refractivity contribution in [3.8, 4) is 11.1 Å². The average molecular weight is 543 g/mol. The monoisotopic (exact) mass is 542 g/mol. The molecule has 7 heteroatoms. The lowest BCUT2D eigenvalue weighted by atomic mass is 9.88. The molecule has 1 saturated carbocycles. The second kappa shape index (κ2) is 12.5. The van der Waals surface area contributed by atoms with Crippen LogP contribution in [0.3, 0.4) is 0 Å². The van der Waals surface area contributed by atoms with Crippen molar-refractivity contribution in [2.75, 3.05) is 44.8 Å². The summed E-state index contributed by atoms with van der Waals surface area (Å²) in [6.07, 6.45) is 10.4. The molecule has 5 rings (SSSR count). The Morgan fingerprint density at radius 1 is 1.07 bits per heavy atom. The predicted octanol–water partition coefficient (Wildman–Crippen LogP) is 5.09. The third-order valence-corrected chi connectivity index (χ3v) is 8.71. The van der Waals surface area contributed by atoms with Crippen molar-refractivity contribution in [3.63, 3.8) is 0 Å². The van der Waals surface area contributed by atoms with Gasteiger partial charge in [0.1, 0.15) is 0 Å². The Hall–Kier alpha value is -3.29. The number of carbonyl (C=O) groups excluding carboxylic acids is 2. The topological polar surface area (TPSA) is 74.8 Å². The molecular weight excluding hydrogens is 500 g/mol. The average Bonchev–Trinajstić information content (AvgIpc) is 3.48. The first-order valence-electron chi connectivity index (χ1n) is 14.6. The van der Waals surface area contributed by atoms with E-state index in [4.69, 9.17) is 9.72 Å². The van der Waals surface area contributed by atoms with Gasteiger partial charge in [0.15, 0.2) is 5.78 Å². The minimum Gasteiger partial charge on any atom is -0.379 e. The number of aromatic nitrogens is 1. The Kier molecular flexibility index (Phi) is 8.81. The SMILES string of the molecule is CC1=CC(=O)C(CNC(=O)c2cc(-c3ccc(CN4CCOCC4)nc3)cc(N(C)C3CCCC3)c2C)C(C)=C1. The molecule has 7 nitrogen and oxygen atoms in total. The van der Waals surface area contributed by atoms with Gasteiger partial charge in [0.25, 0.3) is 5.91 Å². The van der Waals surface area contributed by atoms with Gasteiger partial charge in [0.2, 0.25) is 0 Å². The number of nitrogens with one attached hydrogen (secondary N) is 1. The molecule has 1 atom stereocenters. The molecule has 1 amide bonds. The summed E-state index contributed by atoms with van der Waals surface area (Å²) in [5, 5.41) is 3.07. The number of ether oxygens (including phenoxy) is 1. The number of allylic oxidation sites excluding steroid dienone is 3. The maximum absolute atomic E-state index is 13.6. The van der Waals surface area contributed by atoms with E-state index in [0.29, 0.717) is 18.2 Å². The van der Waals surface area contributed by atoms with Crippen LogP contribution in [0.1, 0.15) is 61.1 Å². The molecule has 2 aromatic rings. The number of anilines is 1. The van der Waals surface area contributed by atoms with Crippen LogP contribution < -0.4 is 10.2 Å². The number of amides is 1. The normalized spacial score (nSPS) is 20.3. The van der Waals surface area contributed by atoms with Crippen molar-refractivity contribution in [1.82, 2.24) is 15.2 Å². The molecule has 1 N–H and O–H groups in total. The largest absolute Gasteiger partial charge is 0.379 e. The quantitative estimate of drug-likeness (QED) is 0.501. The van der Waals surface area contributed by atoms with E-state index < -0.39 is 0 Å². The van der Waals surface area contributed by atoms with Gasteiger partial charge in [-0.15, -0.1) is 0 Å². The van der Waals surface area contributed by atoms with Crippen molar-refractivity contribution >= 4 is 17.4 Å². The van der Waals surface area contributed by atoms with Gasteiger partial charge < -0.3 is 15.0 Å². The summed E-state index contributed by atoms with van der Waals surface area (Å²) in [5.74, 6) is -0.419. The summed E-state index contributed by atoms with van der Waals surface area (Å²) in [5.41, 5.74) is 7.63. The Morgan fingerprint density at radius 3 is 2.50 bits per heavy atom. The fourth-order valence-electron chi connectivity index (χ4n) is 6.24. The number of rotatable bonds is 8. The third kappa shape index (κ3) is 6.37. The van der Waals surface area contributed by atoms with Gasteiger partial charge in [-0.05, 0) is 74.6 Å². The number of hydrogen-bond donors (Lipinski definition) is 1. The fraction of sp³-hybridized carbons (Fsp3) is 0.485. The highest BCUT2D eigenvalue weighted by atomic mass is 16.5. The minimum absolute atomic E-state index is 0.0492. The van der Waals surface area contributed by atoms with E-state index in [2.05, 4.69) is 40.4 Å². The maximum atomic E-state index is 13.6. The zero-order chi connectivity index (χ0) is 28.2. The van der Waals surface area contributed by atoms with Gasteiger partial charge >= 0.3 is 0 Å². The fourth-order valence-corrected chi connectivity index (χ4v) is 6.24. The summed E-state index contributed by atoms with van der Waals surface area (Å²) in [6.45, 7) is 10.4. The number of benzene rings is 1. The lowest BCUT2D eigenvalue weighted by Crippen LogP contribution is -2.35. The Labute approximate surface area is 238 Å². The molecule has 1 unspecified atom stereocenters.